The number of aromatic nitrogens is 2. The van der Waals surface area contributed by atoms with Crippen LogP contribution >= 0.6 is 11.3 Å². The number of anilines is 1. The van der Waals surface area contributed by atoms with E-state index in [0.717, 1.165) is 41.8 Å². The van der Waals surface area contributed by atoms with Crippen LogP contribution in [0.25, 0.3) is 10.2 Å². The minimum atomic E-state index is 0.0702. The first-order valence-electron chi connectivity index (χ1n) is 11.2. The van der Waals surface area contributed by atoms with Crippen LogP contribution in [0.4, 0.5) is 5.95 Å². The predicted molar refractivity (Wildman–Crippen MR) is 125 cm³/mol. The normalized spacial score (nSPS) is 16.5. The van der Waals surface area contributed by atoms with Crippen LogP contribution in [-0.4, -0.2) is 46.5 Å². The Labute approximate surface area is 186 Å². The number of amides is 1. The Morgan fingerprint density at radius 3 is 2.58 bits per heavy atom. The third kappa shape index (κ3) is 3.87. The van der Waals surface area contributed by atoms with Crippen molar-refractivity contribution in [2.24, 2.45) is 7.05 Å². The van der Waals surface area contributed by atoms with Crippen molar-refractivity contribution in [3.63, 3.8) is 0 Å². The van der Waals surface area contributed by atoms with Crippen LogP contribution in [0.1, 0.15) is 35.3 Å². The molecule has 1 aliphatic heterocycles. The Bertz CT molecular complexity index is 1160. The zero-order chi connectivity index (χ0) is 21.4. The van der Waals surface area contributed by atoms with E-state index >= 15 is 0 Å². The van der Waals surface area contributed by atoms with Gasteiger partial charge in [0.2, 0.25) is 11.9 Å². The maximum absolute atomic E-state index is 13.2. The molecule has 0 saturated carbocycles. The molecule has 0 unspecified atom stereocenters. The van der Waals surface area contributed by atoms with Crippen LogP contribution in [-0.2, 0) is 31.1 Å². The number of carbonyl (C=O) groups is 1. The molecule has 6 nitrogen and oxygen atoms in total. The lowest BCUT2D eigenvalue weighted by atomic mass is 9.97. The average Bonchev–Trinajstić information content (AvgIpc) is 3.19. The fourth-order valence-corrected chi connectivity index (χ4v) is 6.01. The largest absolute Gasteiger partial charge is 0.339 e. The third-order valence-corrected chi connectivity index (χ3v) is 7.74. The second-order valence-corrected chi connectivity index (χ2v) is 9.60. The lowest BCUT2D eigenvalue weighted by Gasteiger charge is -2.35. The van der Waals surface area contributed by atoms with Gasteiger partial charge in [-0.05, 0) is 43.2 Å². The first-order chi connectivity index (χ1) is 15.1. The molecule has 1 amide bonds. The van der Waals surface area contributed by atoms with E-state index in [4.69, 9.17) is 4.98 Å². The standard InChI is InChI=1S/C24H28N4O2S/c1-26-23(30)21-18-9-5-6-10-19(18)31-22(21)25-24(26)28-15-13-27(14-16-28)20(29)12-11-17-7-3-2-4-8-17/h2-4,7-8H,5-6,9-16H2,1H3. The Morgan fingerprint density at radius 2 is 1.81 bits per heavy atom. The Morgan fingerprint density at radius 1 is 1.06 bits per heavy atom. The van der Waals surface area contributed by atoms with Gasteiger partial charge in [-0.15, -0.1) is 11.3 Å². The number of nitrogens with zero attached hydrogens (tertiary/aromatic N) is 4. The molecule has 1 saturated heterocycles. The molecular weight excluding hydrogens is 408 g/mol. The molecule has 162 valence electrons. The van der Waals surface area contributed by atoms with Gasteiger partial charge in [0.1, 0.15) is 4.83 Å². The van der Waals surface area contributed by atoms with Crippen LogP contribution in [0, 0.1) is 0 Å². The molecule has 31 heavy (non-hydrogen) atoms. The second kappa shape index (κ2) is 8.46. The number of aryl methyl sites for hydroxylation is 3. The van der Waals surface area contributed by atoms with E-state index in [1.54, 1.807) is 15.9 Å². The van der Waals surface area contributed by atoms with Crippen molar-refractivity contribution in [1.29, 1.82) is 0 Å². The van der Waals surface area contributed by atoms with Gasteiger partial charge >= 0.3 is 0 Å². The van der Waals surface area contributed by atoms with Crippen LogP contribution in [0.3, 0.4) is 0 Å². The van der Waals surface area contributed by atoms with E-state index in [1.165, 1.54) is 22.4 Å². The highest BCUT2D eigenvalue weighted by Crippen LogP contribution is 2.34. The predicted octanol–water partition coefficient (Wildman–Crippen LogP) is 3.16. The van der Waals surface area contributed by atoms with Gasteiger partial charge < -0.3 is 9.80 Å². The van der Waals surface area contributed by atoms with Crippen molar-refractivity contribution in [1.82, 2.24) is 14.5 Å². The Hall–Kier alpha value is -2.67. The second-order valence-electron chi connectivity index (χ2n) is 8.52. The summed E-state index contributed by atoms with van der Waals surface area (Å²) in [6.07, 6.45) is 5.73. The van der Waals surface area contributed by atoms with Gasteiger partial charge in [0, 0.05) is 44.5 Å². The highest BCUT2D eigenvalue weighted by Gasteiger charge is 2.26. The molecule has 0 N–H and O–H groups in total. The number of fused-ring (bicyclic) bond motifs is 3. The number of hydrogen-bond donors (Lipinski definition) is 0. The fraction of sp³-hybridized carbons (Fsp3) is 0.458. The number of thiophene rings is 1. The van der Waals surface area contributed by atoms with Gasteiger partial charge in [-0.2, -0.15) is 0 Å². The van der Waals surface area contributed by atoms with Gasteiger partial charge in [-0.1, -0.05) is 30.3 Å². The molecule has 7 heteroatoms. The molecule has 3 aromatic rings. The third-order valence-electron chi connectivity index (χ3n) is 6.56. The minimum absolute atomic E-state index is 0.0702. The van der Waals surface area contributed by atoms with Crippen molar-refractivity contribution in [2.45, 2.75) is 38.5 Å². The zero-order valence-electron chi connectivity index (χ0n) is 18.0. The molecule has 1 aliphatic carbocycles. The van der Waals surface area contributed by atoms with Crippen molar-refractivity contribution >= 4 is 33.4 Å². The van der Waals surface area contributed by atoms with Crippen LogP contribution in [0.2, 0.25) is 0 Å². The SMILES string of the molecule is Cn1c(N2CCN(C(=O)CCc3ccccc3)CC2)nc2sc3c(c2c1=O)CCCC3. The summed E-state index contributed by atoms with van der Waals surface area (Å²) < 4.78 is 1.71. The smallest absolute Gasteiger partial charge is 0.263 e. The van der Waals surface area contributed by atoms with Crippen molar-refractivity contribution < 1.29 is 4.79 Å². The van der Waals surface area contributed by atoms with Gasteiger partial charge in [0.05, 0.1) is 5.39 Å². The number of piperazine rings is 1. The van der Waals surface area contributed by atoms with Crippen LogP contribution < -0.4 is 10.5 Å². The van der Waals surface area contributed by atoms with Gasteiger partial charge in [0.15, 0.2) is 0 Å². The van der Waals surface area contributed by atoms with E-state index in [-0.39, 0.29) is 11.5 Å². The zero-order valence-corrected chi connectivity index (χ0v) is 18.8. The number of carbonyl (C=O) groups excluding carboxylic acids is 1. The molecule has 0 radical (unpaired) electrons. The summed E-state index contributed by atoms with van der Waals surface area (Å²) in [7, 11) is 1.83. The van der Waals surface area contributed by atoms with Crippen molar-refractivity contribution in [2.75, 3.05) is 31.1 Å². The van der Waals surface area contributed by atoms with E-state index < -0.39 is 0 Å². The van der Waals surface area contributed by atoms with E-state index in [2.05, 4.69) is 17.0 Å². The first-order valence-corrected chi connectivity index (χ1v) is 12.0. The molecule has 3 heterocycles. The fourth-order valence-electron chi connectivity index (χ4n) is 4.77. The lowest BCUT2D eigenvalue weighted by molar-refractivity contribution is -0.131. The summed E-state index contributed by atoms with van der Waals surface area (Å²) in [4.78, 5) is 37.1. The summed E-state index contributed by atoms with van der Waals surface area (Å²) in [6.45, 7) is 2.74. The van der Waals surface area contributed by atoms with Gasteiger partial charge in [-0.25, -0.2) is 4.98 Å². The Balaban J connectivity index is 1.28. The van der Waals surface area contributed by atoms with Gasteiger partial charge in [0.25, 0.3) is 5.56 Å². The highest BCUT2D eigenvalue weighted by molar-refractivity contribution is 7.18. The highest BCUT2D eigenvalue weighted by atomic mass is 32.1. The molecule has 5 rings (SSSR count). The number of hydrogen-bond acceptors (Lipinski definition) is 5. The van der Waals surface area contributed by atoms with E-state index in [9.17, 15) is 9.59 Å². The first kappa shape index (κ1) is 20.2. The van der Waals surface area contributed by atoms with E-state index in [1.807, 2.05) is 30.1 Å². The summed E-state index contributed by atoms with van der Waals surface area (Å²) in [5, 5.41) is 0.834. The maximum atomic E-state index is 13.2. The molecule has 2 aromatic heterocycles. The quantitative estimate of drug-likeness (QED) is 0.630. The molecular formula is C24H28N4O2S. The number of benzene rings is 1. The molecule has 1 aromatic carbocycles. The molecule has 0 atom stereocenters. The van der Waals surface area contributed by atoms with Crippen molar-refractivity contribution in [3.8, 4) is 0 Å². The van der Waals surface area contributed by atoms with Gasteiger partial charge in [-0.3, -0.25) is 14.2 Å². The molecule has 1 fully saturated rings. The number of rotatable bonds is 4. The van der Waals surface area contributed by atoms with Crippen LogP contribution in [0.15, 0.2) is 35.1 Å². The molecule has 0 bridgehead atoms. The monoisotopic (exact) mass is 436 g/mol. The summed E-state index contributed by atoms with van der Waals surface area (Å²) in [6, 6.07) is 10.1. The minimum Gasteiger partial charge on any atom is -0.339 e. The molecule has 2 aliphatic rings. The summed E-state index contributed by atoms with van der Waals surface area (Å²) in [5.74, 6) is 0.930. The molecule has 0 spiro atoms. The average molecular weight is 437 g/mol. The maximum Gasteiger partial charge on any atom is 0.263 e. The summed E-state index contributed by atoms with van der Waals surface area (Å²) in [5.41, 5.74) is 2.50. The summed E-state index contributed by atoms with van der Waals surface area (Å²) >= 11 is 1.70. The van der Waals surface area contributed by atoms with Crippen LogP contribution in [0.5, 0.6) is 0 Å². The van der Waals surface area contributed by atoms with Crippen molar-refractivity contribution in [3.05, 3.63) is 56.7 Å². The lowest BCUT2D eigenvalue weighted by Crippen LogP contribution is -2.50. The Kier molecular flexibility index (Phi) is 5.52. The van der Waals surface area contributed by atoms with E-state index in [0.29, 0.717) is 32.6 Å². The topological polar surface area (TPSA) is 58.4 Å².